The number of anilines is 3. The van der Waals surface area contributed by atoms with Crippen LogP contribution in [-0.2, 0) is 0 Å². The molecule has 1 aliphatic rings. The molecule has 2 aromatic carbocycles. The highest BCUT2D eigenvalue weighted by atomic mass is 16.4. The van der Waals surface area contributed by atoms with Gasteiger partial charge >= 0.3 is 0 Å². The van der Waals surface area contributed by atoms with Gasteiger partial charge in [0, 0.05) is 17.3 Å². The fraction of sp³-hybridized carbons (Fsp3) is 0.280. The zero-order chi connectivity index (χ0) is 23.1. The molecule has 0 aliphatic heterocycles. The number of hydrogen-bond donors (Lipinski definition) is 3. The highest BCUT2D eigenvalue weighted by molar-refractivity contribution is 5.98. The zero-order valence-corrected chi connectivity index (χ0v) is 18.9. The van der Waals surface area contributed by atoms with Crippen LogP contribution in [0.3, 0.4) is 0 Å². The van der Waals surface area contributed by atoms with E-state index in [1.54, 1.807) is 0 Å². The second kappa shape index (κ2) is 8.42. The predicted octanol–water partition coefficient (Wildman–Crippen LogP) is 4.66. The van der Waals surface area contributed by atoms with Gasteiger partial charge < -0.3 is 20.8 Å². The molecule has 5 aromatic rings. The van der Waals surface area contributed by atoms with Crippen LogP contribution in [-0.4, -0.2) is 37.8 Å². The molecule has 1 saturated carbocycles. The van der Waals surface area contributed by atoms with E-state index in [0.717, 1.165) is 64.8 Å². The van der Waals surface area contributed by atoms with Crippen molar-refractivity contribution in [2.45, 2.75) is 37.8 Å². The summed E-state index contributed by atoms with van der Waals surface area (Å²) in [6.45, 7) is 0. The minimum Gasteiger partial charge on any atom is -0.423 e. The fourth-order valence-electron chi connectivity index (χ4n) is 4.82. The Morgan fingerprint density at radius 3 is 2.56 bits per heavy atom. The number of nitrogens with two attached hydrogens (primary N) is 1. The van der Waals surface area contributed by atoms with Crippen LogP contribution in [0.2, 0.25) is 0 Å². The van der Waals surface area contributed by atoms with Gasteiger partial charge in [0.25, 0.3) is 6.01 Å². The second-order valence-electron chi connectivity index (χ2n) is 8.73. The first-order valence-electron chi connectivity index (χ1n) is 11.6. The van der Waals surface area contributed by atoms with Crippen molar-refractivity contribution in [1.82, 2.24) is 30.0 Å². The lowest BCUT2D eigenvalue weighted by Crippen LogP contribution is -2.31. The number of para-hydroxylation sites is 2. The molecule has 6 rings (SSSR count). The van der Waals surface area contributed by atoms with Crippen molar-refractivity contribution in [3.8, 4) is 11.3 Å². The van der Waals surface area contributed by atoms with Crippen LogP contribution in [0.5, 0.6) is 0 Å². The van der Waals surface area contributed by atoms with Crippen molar-refractivity contribution in [3.63, 3.8) is 0 Å². The molecule has 0 spiro atoms. The lowest BCUT2D eigenvalue weighted by atomic mass is 9.91. The van der Waals surface area contributed by atoms with E-state index in [9.17, 15) is 0 Å². The number of rotatable bonds is 5. The number of benzene rings is 2. The van der Waals surface area contributed by atoms with Gasteiger partial charge in [-0.1, -0.05) is 24.3 Å². The number of aromatic nitrogens is 5. The van der Waals surface area contributed by atoms with E-state index < -0.39 is 0 Å². The molecule has 172 valence electrons. The molecule has 9 heteroatoms. The van der Waals surface area contributed by atoms with Gasteiger partial charge in [-0.2, -0.15) is 10.1 Å². The Bertz CT molecular complexity index is 1410. The molecule has 0 amide bonds. The zero-order valence-electron chi connectivity index (χ0n) is 18.9. The van der Waals surface area contributed by atoms with Crippen molar-refractivity contribution in [2.75, 3.05) is 18.1 Å². The van der Waals surface area contributed by atoms with Crippen LogP contribution in [0, 0.1) is 0 Å². The summed E-state index contributed by atoms with van der Waals surface area (Å²) in [6, 6.07) is 17.0. The average molecular weight is 455 g/mol. The van der Waals surface area contributed by atoms with Crippen LogP contribution >= 0.6 is 0 Å². The number of nitrogens with one attached hydrogen (secondary N) is 2. The summed E-state index contributed by atoms with van der Waals surface area (Å²) in [6.07, 6.45) is 5.87. The van der Waals surface area contributed by atoms with E-state index in [1.807, 2.05) is 55.6 Å². The number of oxazole rings is 1. The van der Waals surface area contributed by atoms with Gasteiger partial charge in [-0.25, -0.2) is 14.6 Å². The summed E-state index contributed by atoms with van der Waals surface area (Å²) in [5.41, 5.74) is 11.3. The third-order valence-electron chi connectivity index (χ3n) is 6.67. The third kappa shape index (κ3) is 3.63. The number of hydrogen-bond acceptors (Lipinski definition) is 8. The molecule has 1 fully saturated rings. The first-order valence-corrected chi connectivity index (χ1v) is 11.6. The largest absolute Gasteiger partial charge is 0.423 e. The van der Waals surface area contributed by atoms with E-state index in [0.29, 0.717) is 23.9 Å². The third-order valence-corrected chi connectivity index (χ3v) is 6.67. The van der Waals surface area contributed by atoms with Crippen LogP contribution in [0.4, 0.5) is 17.5 Å². The van der Waals surface area contributed by atoms with E-state index in [1.165, 1.54) is 6.33 Å². The Labute approximate surface area is 196 Å². The van der Waals surface area contributed by atoms with Gasteiger partial charge in [-0.15, -0.1) is 0 Å². The molecule has 0 saturated heterocycles. The number of nitrogens with zero attached hydrogens (tertiary/aromatic N) is 5. The summed E-state index contributed by atoms with van der Waals surface area (Å²) >= 11 is 0. The molecule has 34 heavy (non-hydrogen) atoms. The normalized spacial score (nSPS) is 18.5. The molecule has 0 atom stereocenters. The minimum absolute atomic E-state index is 0.301. The molecule has 0 radical (unpaired) electrons. The quantitative estimate of drug-likeness (QED) is 0.351. The maximum absolute atomic E-state index is 6.30. The van der Waals surface area contributed by atoms with Crippen LogP contribution in [0.25, 0.3) is 33.4 Å². The molecule has 0 bridgehead atoms. The average Bonchev–Trinajstić information content (AvgIpc) is 3.47. The molecule has 4 N–H and O–H groups in total. The molecular weight excluding hydrogens is 428 g/mol. The molecule has 0 unspecified atom stereocenters. The fourth-order valence-corrected chi connectivity index (χ4v) is 4.82. The van der Waals surface area contributed by atoms with E-state index in [4.69, 9.17) is 15.2 Å². The molecular formula is C25H26N8O. The summed E-state index contributed by atoms with van der Waals surface area (Å²) in [4.78, 5) is 13.3. The SMILES string of the molecule is CN[C@H]1CC[C@@H](n2nc(-c3ccc(Nc4nc5ccccc5o4)cc3)c3c(N)ncnc32)CC1. The topological polar surface area (TPSA) is 120 Å². The van der Waals surface area contributed by atoms with E-state index >= 15 is 0 Å². The Hall–Kier alpha value is -3.98. The van der Waals surface area contributed by atoms with Crippen molar-refractivity contribution in [2.24, 2.45) is 0 Å². The Balaban J connectivity index is 1.31. The van der Waals surface area contributed by atoms with Gasteiger partial charge in [-0.3, -0.25) is 0 Å². The van der Waals surface area contributed by atoms with Gasteiger partial charge in [0.05, 0.1) is 11.4 Å². The molecule has 9 nitrogen and oxygen atoms in total. The first kappa shape index (κ1) is 20.6. The Kier molecular flexibility index (Phi) is 5.10. The van der Waals surface area contributed by atoms with Crippen molar-refractivity contribution < 1.29 is 4.42 Å². The minimum atomic E-state index is 0.301. The van der Waals surface area contributed by atoms with Gasteiger partial charge in [-0.05, 0) is 57.0 Å². The van der Waals surface area contributed by atoms with E-state index in [-0.39, 0.29) is 0 Å². The Morgan fingerprint density at radius 2 is 1.79 bits per heavy atom. The smallest absolute Gasteiger partial charge is 0.300 e. The van der Waals surface area contributed by atoms with Crippen molar-refractivity contribution in [1.29, 1.82) is 0 Å². The summed E-state index contributed by atoms with van der Waals surface area (Å²) in [5, 5.41) is 12.4. The van der Waals surface area contributed by atoms with Crippen LogP contribution < -0.4 is 16.4 Å². The van der Waals surface area contributed by atoms with Crippen LogP contribution in [0.1, 0.15) is 31.7 Å². The van der Waals surface area contributed by atoms with E-state index in [2.05, 4.69) is 30.3 Å². The van der Waals surface area contributed by atoms with Crippen molar-refractivity contribution >= 4 is 39.7 Å². The summed E-state index contributed by atoms with van der Waals surface area (Å²) in [7, 11) is 2.03. The number of nitrogen functional groups attached to an aromatic ring is 1. The first-order chi connectivity index (χ1) is 16.7. The highest BCUT2D eigenvalue weighted by Crippen LogP contribution is 2.36. The van der Waals surface area contributed by atoms with Crippen molar-refractivity contribution in [3.05, 3.63) is 54.9 Å². The predicted molar refractivity (Wildman–Crippen MR) is 133 cm³/mol. The lowest BCUT2D eigenvalue weighted by Gasteiger charge is -2.28. The monoisotopic (exact) mass is 454 g/mol. The molecule has 3 heterocycles. The molecule has 1 aliphatic carbocycles. The molecule has 3 aromatic heterocycles. The maximum Gasteiger partial charge on any atom is 0.300 e. The van der Waals surface area contributed by atoms with Crippen LogP contribution in [0.15, 0.2) is 59.3 Å². The maximum atomic E-state index is 6.30. The standard InChI is InChI=1S/C25H26N8O/c1-27-16-10-12-18(13-11-16)33-24-21(23(26)28-14-29-24)22(32-33)15-6-8-17(9-7-15)30-25-31-19-4-2-3-5-20(19)34-25/h2-9,14,16,18,27H,10-13H2,1H3,(H,30,31)(H2,26,28,29)/t16-,18+. The Morgan fingerprint density at radius 1 is 1.00 bits per heavy atom. The summed E-state index contributed by atoms with van der Waals surface area (Å²) in [5.74, 6) is 0.448. The highest BCUT2D eigenvalue weighted by Gasteiger charge is 2.26. The number of fused-ring (bicyclic) bond motifs is 2. The van der Waals surface area contributed by atoms with Gasteiger partial charge in [0.2, 0.25) is 0 Å². The second-order valence-corrected chi connectivity index (χ2v) is 8.73. The lowest BCUT2D eigenvalue weighted by molar-refractivity contribution is 0.289. The van der Waals surface area contributed by atoms with Gasteiger partial charge in [0.15, 0.2) is 11.2 Å². The van der Waals surface area contributed by atoms with Gasteiger partial charge in [0.1, 0.15) is 23.4 Å². The summed E-state index contributed by atoms with van der Waals surface area (Å²) < 4.78 is 7.83.